The average molecular weight is 565 g/mol. The number of hydrogen-bond donors (Lipinski definition) is 0. The Morgan fingerprint density at radius 1 is 0.273 bits per heavy atom. The number of rotatable bonds is 7. The molecule has 7 aromatic rings. The molecular weight excluding hydrogens is 532 g/mol. The topological polar surface area (TPSA) is 9.23 Å². The molecule has 0 bridgehead atoms. The Hall–Kier alpha value is -5.66. The Morgan fingerprint density at radius 2 is 0.523 bits per heavy atom. The highest BCUT2D eigenvalue weighted by molar-refractivity contribution is 6.15. The minimum Gasteiger partial charge on any atom is -0.497 e. The second-order valence-corrected chi connectivity index (χ2v) is 10.8. The molecule has 44 heavy (non-hydrogen) atoms. The van der Waals surface area contributed by atoms with Crippen LogP contribution in [0, 0.1) is 0 Å². The van der Waals surface area contributed by atoms with Crippen LogP contribution in [0.4, 0.5) is 0 Å². The van der Waals surface area contributed by atoms with Crippen LogP contribution >= 0.6 is 0 Å². The van der Waals surface area contributed by atoms with Crippen molar-refractivity contribution in [2.75, 3.05) is 7.11 Å². The summed E-state index contributed by atoms with van der Waals surface area (Å²) in [4.78, 5) is 0. The van der Waals surface area contributed by atoms with Gasteiger partial charge in [-0.2, -0.15) is 0 Å². The smallest absolute Gasteiger partial charge is 0.119 e. The molecule has 0 unspecified atom stereocenters. The second kappa shape index (κ2) is 12.3. The van der Waals surface area contributed by atoms with E-state index in [2.05, 4.69) is 170 Å². The summed E-state index contributed by atoms with van der Waals surface area (Å²) in [5.41, 5.74) is 14.2. The minimum atomic E-state index is 0.829. The van der Waals surface area contributed by atoms with Gasteiger partial charge in [-0.05, 0) is 78.9 Å². The van der Waals surface area contributed by atoms with E-state index >= 15 is 0 Å². The molecule has 0 aliphatic heterocycles. The molecule has 1 nitrogen and oxygen atoms in total. The third-order valence-corrected chi connectivity index (χ3v) is 8.17. The molecule has 0 saturated heterocycles. The summed E-state index contributed by atoms with van der Waals surface area (Å²) in [7, 11) is 1.73. The van der Waals surface area contributed by atoms with Crippen molar-refractivity contribution in [3.63, 3.8) is 0 Å². The molecule has 7 aromatic carbocycles. The Kier molecular flexibility index (Phi) is 7.60. The summed E-state index contributed by atoms with van der Waals surface area (Å²) in [6.45, 7) is 0. The minimum absolute atomic E-state index is 0.829. The van der Waals surface area contributed by atoms with E-state index in [0.717, 1.165) is 22.4 Å². The van der Waals surface area contributed by atoms with Crippen molar-refractivity contribution in [2.45, 2.75) is 0 Å². The highest BCUT2D eigenvalue weighted by Gasteiger charge is 2.28. The first-order valence-corrected chi connectivity index (χ1v) is 15.0. The molecule has 0 spiro atoms. The second-order valence-electron chi connectivity index (χ2n) is 10.8. The zero-order valence-corrected chi connectivity index (χ0v) is 24.7. The molecule has 7 rings (SSSR count). The monoisotopic (exact) mass is 564 g/mol. The van der Waals surface area contributed by atoms with E-state index < -0.39 is 0 Å². The number of ether oxygens (including phenoxy) is 1. The highest BCUT2D eigenvalue weighted by Crippen LogP contribution is 2.55. The molecular formula is C43H32O. The maximum absolute atomic E-state index is 5.79. The van der Waals surface area contributed by atoms with Gasteiger partial charge in [0, 0.05) is 0 Å². The van der Waals surface area contributed by atoms with E-state index in [1.165, 1.54) is 50.1 Å². The van der Waals surface area contributed by atoms with Crippen molar-refractivity contribution in [2.24, 2.45) is 0 Å². The first kappa shape index (κ1) is 27.2. The molecule has 0 atom stereocenters. The predicted molar refractivity (Wildman–Crippen MR) is 186 cm³/mol. The quantitative estimate of drug-likeness (QED) is 0.187. The van der Waals surface area contributed by atoms with Crippen molar-refractivity contribution in [1.29, 1.82) is 0 Å². The van der Waals surface area contributed by atoms with Crippen LogP contribution in [0.5, 0.6) is 5.75 Å². The molecule has 210 valence electrons. The van der Waals surface area contributed by atoms with Crippen molar-refractivity contribution in [3.05, 3.63) is 176 Å². The fraction of sp³-hybridized carbons (Fsp3) is 0.0233. The third-order valence-electron chi connectivity index (χ3n) is 8.17. The van der Waals surface area contributed by atoms with Gasteiger partial charge in [0.1, 0.15) is 5.75 Å². The molecule has 0 amide bonds. The fourth-order valence-corrected chi connectivity index (χ4v) is 6.28. The largest absolute Gasteiger partial charge is 0.497 e. The van der Waals surface area contributed by atoms with E-state index in [0.29, 0.717) is 0 Å². The Bertz CT molecular complexity index is 1890. The molecule has 0 aliphatic rings. The lowest BCUT2D eigenvalue weighted by Crippen LogP contribution is -2.02. The summed E-state index contributed by atoms with van der Waals surface area (Å²) in [5, 5.41) is 0. The standard InChI is InChI=1S/C43H32O/c1-44-37-29-17-28-36(30-37)43-41(34-24-13-5-14-25-34)39(32-20-9-3-10-21-32)38(31-18-7-2-8-19-31)40(33-22-11-4-12-23-33)42(43)35-26-15-6-16-27-35/h2-30H,1H3. The van der Waals surface area contributed by atoms with Crippen molar-refractivity contribution >= 4 is 0 Å². The maximum atomic E-state index is 5.79. The Morgan fingerprint density at radius 3 is 0.795 bits per heavy atom. The lowest BCUT2D eigenvalue weighted by molar-refractivity contribution is 0.415. The van der Waals surface area contributed by atoms with E-state index in [1.807, 2.05) is 6.07 Å². The van der Waals surface area contributed by atoms with Crippen LogP contribution in [-0.2, 0) is 0 Å². The summed E-state index contributed by atoms with van der Waals surface area (Å²) in [5.74, 6) is 0.829. The average Bonchev–Trinajstić information content (AvgIpc) is 3.12. The first-order valence-electron chi connectivity index (χ1n) is 15.0. The number of hydrogen-bond acceptors (Lipinski definition) is 1. The van der Waals surface area contributed by atoms with Crippen LogP contribution in [-0.4, -0.2) is 7.11 Å². The van der Waals surface area contributed by atoms with E-state index in [4.69, 9.17) is 4.74 Å². The van der Waals surface area contributed by atoms with Crippen LogP contribution in [0.2, 0.25) is 0 Å². The molecule has 0 aliphatic carbocycles. The highest BCUT2D eigenvalue weighted by atomic mass is 16.5. The van der Waals surface area contributed by atoms with Crippen molar-refractivity contribution in [1.82, 2.24) is 0 Å². The van der Waals surface area contributed by atoms with Gasteiger partial charge in [-0.25, -0.2) is 0 Å². The number of methoxy groups -OCH3 is 1. The summed E-state index contributed by atoms with van der Waals surface area (Å²) >= 11 is 0. The van der Waals surface area contributed by atoms with Gasteiger partial charge >= 0.3 is 0 Å². The van der Waals surface area contributed by atoms with Crippen LogP contribution in [0.15, 0.2) is 176 Å². The maximum Gasteiger partial charge on any atom is 0.119 e. The van der Waals surface area contributed by atoms with Gasteiger partial charge in [-0.3, -0.25) is 0 Å². The zero-order valence-electron chi connectivity index (χ0n) is 24.7. The van der Waals surface area contributed by atoms with Gasteiger partial charge in [0.2, 0.25) is 0 Å². The SMILES string of the molecule is COc1cccc(-c2c(-c3ccccc3)c(-c3ccccc3)c(-c3ccccc3)c(-c3ccccc3)c2-c2ccccc2)c1. The molecule has 0 saturated carbocycles. The van der Waals surface area contributed by atoms with Crippen LogP contribution in [0.25, 0.3) is 66.8 Å². The van der Waals surface area contributed by atoms with Crippen LogP contribution in [0.3, 0.4) is 0 Å². The van der Waals surface area contributed by atoms with E-state index in [9.17, 15) is 0 Å². The lowest BCUT2D eigenvalue weighted by Gasteiger charge is -2.29. The predicted octanol–water partition coefficient (Wildman–Crippen LogP) is 11.7. The zero-order chi connectivity index (χ0) is 29.7. The van der Waals surface area contributed by atoms with Crippen LogP contribution in [0.1, 0.15) is 0 Å². The normalized spacial score (nSPS) is 10.8. The molecule has 0 fully saturated rings. The van der Waals surface area contributed by atoms with E-state index in [1.54, 1.807) is 7.11 Å². The van der Waals surface area contributed by atoms with Gasteiger partial charge in [0.25, 0.3) is 0 Å². The summed E-state index contributed by atoms with van der Waals surface area (Å²) in [6, 6.07) is 62.6. The summed E-state index contributed by atoms with van der Waals surface area (Å²) in [6.07, 6.45) is 0. The van der Waals surface area contributed by atoms with Crippen LogP contribution < -0.4 is 4.74 Å². The molecule has 0 aromatic heterocycles. The molecule has 0 heterocycles. The van der Waals surface area contributed by atoms with Gasteiger partial charge in [0.05, 0.1) is 7.11 Å². The van der Waals surface area contributed by atoms with Gasteiger partial charge in [0.15, 0.2) is 0 Å². The lowest BCUT2D eigenvalue weighted by atomic mass is 9.74. The Balaban J connectivity index is 1.81. The Labute approximate surface area is 259 Å². The summed E-state index contributed by atoms with van der Waals surface area (Å²) < 4.78 is 5.79. The molecule has 0 radical (unpaired) electrons. The van der Waals surface area contributed by atoms with Crippen molar-refractivity contribution < 1.29 is 4.74 Å². The number of benzene rings is 7. The third kappa shape index (κ3) is 5.10. The van der Waals surface area contributed by atoms with E-state index in [-0.39, 0.29) is 0 Å². The van der Waals surface area contributed by atoms with Gasteiger partial charge < -0.3 is 4.74 Å². The van der Waals surface area contributed by atoms with Gasteiger partial charge in [-0.15, -0.1) is 0 Å². The van der Waals surface area contributed by atoms with Gasteiger partial charge in [-0.1, -0.05) is 164 Å². The fourth-order valence-electron chi connectivity index (χ4n) is 6.28. The molecule has 1 heteroatoms. The molecule has 0 N–H and O–H groups in total. The first-order chi connectivity index (χ1) is 21.8. The van der Waals surface area contributed by atoms with Crippen molar-refractivity contribution in [3.8, 4) is 72.5 Å².